The molecule has 3 heterocycles. The minimum Gasteiger partial charge on any atom is -0.465 e. The van der Waals surface area contributed by atoms with E-state index in [1.165, 1.54) is 12.0 Å². The third kappa shape index (κ3) is 7.21. The van der Waals surface area contributed by atoms with Gasteiger partial charge in [-0.05, 0) is 58.6 Å². The normalized spacial score (nSPS) is 14.2. The monoisotopic (exact) mass is 648 g/mol. The van der Waals surface area contributed by atoms with Gasteiger partial charge in [-0.1, -0.05) is 38.8 Å². The van der Waals surface area contributed by atoms with Crippen LogP contribution in [0.3, 0.4) is 0 Å². The molecule has 0 aliphatic carbocycles. The molecule has 1 aliphatic heterocycles. The van der Waals surface area contributed by atoms with Gasteiger partial charge in [0.1, 0.15) is 11.5 Å². The molecule has 0 saturated carbocycles. The van der Waals surface area contributed by atoms with Gasteiger partial charge in [0.05, 0.1) is 31.1 Å². The van der Waals surface area contributed by atoms with Crippen LogP contribution in [0.1, 0.15) is 71.8 Å². The fourth-order valence-corrected chi connectivity index (χ4v) is 5.87. The van der Waals surface area contributed by atoms with Crippen molar-refractivity contribution in [2.75, 3.05) is 13.7 Å². The van der Waals surface area contributed by atoms with Gasteiger partial charge in [0, 0.05) is 34.2 Å². The number of carbonyl (C=O) groups excluding carboxylic acids is 3. The summed E-state index contributed by atoms with van der Waals surface area (Å²) in [5.74, 6) is 0.247. The van der Waals surface area contributed by atoms with E-state index in [2.05, 4.69) is 32.4 Å². The zero-order valence-electron chi connectivity index (χ0n) is 22.9. The Morgan fingerprint density at radius 1 is 1.07 bits per heavy atom. The van der Waals surface area contributed by atoms with Crippen LogP contribution in [0.2, 0.25) is 0 Å². The molecule has 3 amide bonds. The first-order valence-electron chi connectivity index (χ1n) is 13.2. The number of halogens is 2. The molecule has 0 unspecified atom stereocenters. The van der Waals surface area contributed by atoms with E-state index in [4.69, 9.17) is 4.74 Å². The van der Waals surface area contributed by atoms with Crippen LogP contribution >= 0.6 is 39.7 Å². The van der Waals surface area contributed by atoms with Crippen LogP contribution in [-0.4, -0.2) is 50.9 Å². The Balaban J connectivity index is 0.00000441. The largest absolute Gasteiger partial charge is 0.465 e. The molecule has 8 nitrogen and oxygen atoms in total. The number of ether oxygens (including phenoxy) is 1. The molecule has 2 aromatic heterocycles. The van der Waals surface area contributed by atoms with Gasteiger partial charge < -0.3 is 9.30 Å². The molecule has 40 heavy (non-hydrogen) atoms. The average molecular weight is 650 g/mol. The van der Waals surface area contributed by atoms with E-state index in [-0.39, 0.29) is 30.3 Å². The van der Waals surface area contributed by atoms with Gasteiger partial charge in [0.15, 0.2) is 0 Å². The summed E-state index contributed by atoms with van der Waals surface area (Å²) in [6.07, 6.45) is 8.01. The maximum absolute atomic E-state index is 13.5. The first kappa shape index (κ1) is 31.6. The van der Waals surface area contributed by atoms with Crippen molar-refractivity contribution in [1.82, 2.24) is 19.4 Å². The van der Waals surface area contributed by atoms with Gasteiger partial charge in [0.25, 0.3) is 5.91 Å². The SMILES string of the molecule is CCCCc1ncc(/C=C2/C(=O)N(CCCC)C(=O)N2Cc2cc(Br)cs2)n1Cc1ccc(C(=O)OC)cc1.Cl. The predicted octanol–water partition coefficient (Wildman–Crippen LogP) is 6.91. The summed E-state index contributed by atoms with van der Waals surface area (Å²) in [6, 6.07) is 8.95. The van der Waals surface area contributed by atoms with E-state index in [1.54, 1.807) is 40.6 Å². The number of aryl methyl sites for hydroxylation is 1. The summed E-state index contributed by atoms with van der Waals surface area (Å²) in [7, 11) is 1.36. The molecule has 1 saturated heterocycles. The summed E-state index contributed by atoms with van der Waals surface area (Å²) < 4.78 is 7.85. The number of carbonyl (C=O) groups is 3. The van der Waals surface area contributed by atoms with Crippen LogP contribution in [0.15, 0.2) is 52.1 Å². The topological polar surface area (TPSA) is 84.7 Å². The van der Waals surface area contributed by atoms with Gasteiger partial charge in [0.2, 0.25) is 0 Å². The fraction of sp³-hybridized carbons (Fsp3) is 0.379. The van der Waals surface area contributed by atoms with Gasteiger partial charge in [-0.2, -0.15) is 0 Å². The molecule has 0 spiro atoms. The van der Waals surface area contributed by atoms with Crippen molar-refractivity contribution < 1.29 is 19.1 Å². The number of thiophene rings is 1. The Morgan fingerprint density at radius 3 is 2.42 bits per heavy atom. The van der Waals surface area contributed by atoms with Gasteiger partial charge in [-0.3, -0.25) is 14.6 Å². The van der Waals surface area contributed by atoms with Gasteiger partial charge in [-0.15, -0.1) is 23.7 Å². The van der Waals surface area contributed by atoms with E-state index in [1.807, 2.05) is 30.5 Å². The molecule has 0 N–H and O–H groups in total. The van der Waals surface area contributed by atoms with E-state index >= 15 is 0 Å². The maximum atomic E-state index is 13.5. The maximum Gasteiger partial charge on any atom is 0.337 e. The molecule has 0 bridgehead atoms. The van der Waals surface area contributed by atoms with E-state index in [9.17, 15) is 14.4 Å². The quantitative estimate of drug-likeness (QED) is 0.121. The molecule has 214 valence electrons. The number of esters is 1. The predicted molar refractivity (Wildman–Crippen MR) is 163 cm³/mol. The fourth-order valence-electron chi connectivity index (χ4n) is 4.44. The van der Waals surface area contributed by atoms with Crippen molar-refractivity contribution in [2.24, 2.45) is 0 Å². The third-order valence-electron chi connectivity index (χ3n) is 6.61. The molecule has 1 aliphatic rings. The number of urea groups is 1. The Labute approximate surface area is 253 Å². The van der Waals surface area contributed by atoms with Gasteiger partial charge >= 0.3 is 12.0 Å². The number of rotatable bonds is 12. The first-order valence-corrected chi connectivity index (χ1v) is 14.8. The minimum atomic E-state index is -0.381. The van der Waals surface area contributed by atoms with Crippen LogP contribution < -0.4 is 0 Å². The summed E-state index contributed by atoms with van der Waals surface area (Å²) in [6.45, 7) is 5.40. The van der Waals surface area contributed by atoms with E-state index in [0.717, 1.165) is 58.5 Å². The number of amides is 3. The van der Waals surface area contributed by atoms with Crippen LogP contribution in [-0.2, 0) is 29.0 Å². The highest BCUT2D eigenvalue weighted by molar-refractivity contribution is 9.10. The highest BCUT2D eigenvalue weighted by Crippen LogP contribution is 2.29. The minimum absolute atomic E-state index is 0. The molecular formula is C29H34BrClN4O4S. The van der Waals surface area contributed by atoms with Crippen LogP contribution in [0, 0.1) is 0 Å². The smallest absolute Gasteiger partial charge is 0.337 e. The summed E-state index contributed by atoms with van der Waals surface area (Å²) in [5.41, 5.74) is 2.57. The lowest BCUT2D eigenvalue weighted by molar-refractivity contribution is -0.123. The van der Waals surface area contributed by atoms with Crippen molar-refractivity contribution in [1.29, 1.82) is 0 Å². The standard InChI is InChI=1S/C29H33BrN4O4S.ClH/c1-4-6-8-26-31-16-23(33(26)17-20-9-11-21(12-10-20)28(36)38-3)15-25-27(35)32(13-7-5-2)29(37)34(25)18-24-14-22(30)19-39-24;/h9-12,14-16,19H,4-8,13,17-18H2,1-3H3;1H/b25-15-;. The molecule has 0 radical (unpaired) electrons. The highest BCUT2D eigenvalue weighted by atomic mass is 79.9. The number of hydrogen-bond donors (Lipinski definition) is 0. The second-order valence-corrected chi connectivity index (χ2v) is 11.3. The second kappa shape index (κ2) is 14.6. The van der Waals surface area contributed by atoms with Crippen LogP contribution in [0.4, 0.5) is 4.79 Å². The number of imidazole rings is 1. The summed E-state index contributed by atoms with van der Waals surface area (Å²) in [4.78, 5) is 47.4. The number of unbranched alkanes of at least 4 members (excludes halogenated alkanes) is 2. The van der Waals surface area contributed by atoms with Crippen LogP contribution in [0.25, 0.3) is 6.08 Å². The van der Waals surface area contributed by atoms with Crippen molar-refractivity contribution in [3.8, 4) is 0 Å². The third-order valence-corrected chi connectivity index (χ3v) is 8.29. The van der Waals surface area contributed by atoms with E-state index < -0.39 is 0 Å². The molecular weight excluding hydrogens is 616 g/mol. The number of hydrogen-bond acceptors (Lipinski definition) is 6. The Bertz CT molecular complexity index is 1370. The van der Waals surface area contributed by atoms with Crippen LogP contribution in [0.5, 0.6) is 0 Å². The number of imide groups is 1. The molecule has 1 aromatic carbocycles. The van der Waals surface area contributed by atoms with Crippen molar-refractivity contribution in [3.05, 3.63) is 79.6 Å². The Hall–Kier alpha value is -2.95. The van der Waals surface area contributed by atoms with Crippen molar-refractivity contribution >= 4 is 63.7 Å². The lowest BCUT2D eigenvalue weighted by Gasteiger charge is -2.16. The molecule has 4 rings (SSSR count). The zero-order valence-corrected chi connectivity index (χ0v) is 26.1. The number of nitrogens with zero attached hydrogens (tertiary/aromatic N) is 4. The zero-order chi connectivity index (χ0) is 27.9. The average Bonchev–Trinajstić information content (AvgIpc) is 3.59. The summed E-state index contributed by atoms with van der Waals surface area (Å²) >= 11 is 5.02. The van der Waals surface area contributed by atoms with E-state index in [0.29, 0.717) is 30.9 Å². The Kier molecular flexibility index (Phi) is 11.5. The number of methoxy groups -OCH3 is 1. The summed E-state index contributed by atoms with van der Waals surface area (Å²) in [5, 5.41) is 1.97. The van der Waals surface area contributed by atoms with Crippen molar-refractivity contribution in [2.45, 2.75) is 59.0 Å². The first-order chi connectivity index (χ1) is 18.9. The highest BCUT2D eigenvalue weighted by Gasteiger charge is 2.41. The lowest BCUT2D eigenvalue weighted by atomic mass is 10.1. The van der Waals surface area contributed by atoms with Crippen molar-refractivity contribution in [3.63, 3.8) is 0 Å². The Morgan fingerprint density at radius 2 is 1.80 bits per heavy atom. The number of benzene rings is 1. The molecule has 11 heteroatoms. The molecule has 1 fully saturated rings. The molecule has 0 atom stereocenters. The lowest BCUT2D eigenvalue weighted by Crippen LogP contribution is -2.33. The molecule has 3 aromatic rings. The number of aromatic nitrogens is 2. The second-order valence-electron chi connectivity index (χ2n) is 9.42. The van der Waals surface area contributed by atoms with Gasteiger partial charge in [-0.25, -0.2) is 14.6 Å².